The predicted octanol–water partition coefficient (Wildman–Crippen LogP) is 4.39. The molecule has 5 heteroatoms. The molecule has 0 aliphatic carbocycles. The number of fused-ring (bicyclic) bond motifs is 1. The number of nitrogens with zero attached hydrogens (tertiary/aromatic N) is 3. The Bertz CT molecular complexity index is 1130. The lowest BCUT2D eigenvalue weighted by Crippen LogP contribution is -2.23. The molecule has 4 rings (SSSR count). The fourth-order valence-corrected chi connectivity index (χ4v) is 3.45. The molecule has 0 saturated carbocycles. The van der Waals surface area contributed by atoms with Gasteiger partial charge < -0.3 is 13.9 Å². The van der Waals surface area contributed by atoms with Crippen LogP contribution in [0.15, 0.2) is 71.4 Å². The van der Waals surface area contributed by atoms with Gasteiger partial charge in [-0.05, 0) is 32.6 Å². The molecule has 0 radical (unpaired) electrons. The molecule has 4 aromatic rings. The topological polar surface area (TPSA) is 58.1 Å². The monoisotopic (exact) mass is 372 g/mol. The molecule has 0 atom stereocenters. The first kappa shape index (κ1) is 18.2. The summed E-state index contributed by atoms with van der Waals surface area (Å²) in [5.41, 5.74) is 3.89. The van der Waals surface area contributed by atoms with Gasteiger partial charge in [0.15, 0.2) is 0 Å². The van der Waals surface area contributed by atoms with E-state index in [9.17, 15) is 0 Å². The smallest absolute Gasteiger partial charge is 0.232 e. The van der Waals surface area contributed by atoms with Gasteiger partial charge in [-0.1, -0.05) is 60.7 Å². The standard InChI is InChI=1S/C23H24N4O/c1-26(2)14-9-15-27-16-25-23-20(22(27)24)19(17-10-5-3-6-11-17)21(28-23)18-12-7-4-8-13-18/h3-8,10-13,16,24H,9,14-15H2,1-2H3. The van der Waals surface area contributed by atoms with Crippen molar-refractivity contribution in [3.63, 3.8) is 0 Å². The largest absolute Gasteiger partial charge is 0.437 e. The molecule has 0 spiro atoms. The van der Waals surface area contributed by atoms with Crippen molar-refractivity contribution in [2.24, 2.45) is 0 Å². The fraction of sp³-hybridized carbons (Fsp3) is 0.217. The number of benzene rings is 2. The van der Waals surface area contributed by atoms with Crippen molar-refractivity contribution in [3.8, 4) is 22.5 Å². The van der Waals surface area contributed by atoms with E-state index in [2.05, 4.69) is 36.1 Å². The van der Waals surface area contributed by atoms with E-state index in [0.29, 0.717) is 11.2 Å². The first-order valence-corrected chi connectivity index (χ1v) is 9.47. The minimum atomic E-state index is 0.438. The van der Waals surface area contributed by atoms with Crippen molar-refractivity contribution in [2.75, 3.05) is 20.6 Å². The molecule has 0 unspecified atom stereocenters. The Balaban J connectivity index is 1.91. The van der Waals surface area contributed by atoms with Crippen LogP contribution in [0.5, 0.6) is 0 Å². The zero-order chi connectivity index (χ0) is 19.5. The highest BCUT2D eigenvalue weighted by molar-refractivity contribution is 5.99. The lowest BCUT2D eigenvalue weighted by Gasteiger charge is -2.11. The molecule has 0 fully saturated rings. The minimum Gasteiger partial charge on any atom is -0.437 e. The van der Waals surface area contributed by atoms with E-state index in [4.69, 9.17) is 9.83 Å². The van der Waals surface area contributed by atoms with E-state index in [1.54, 1.807) is 6.33 Å². The van der Waals surface area contributed by atoms with Crippen LogP contribution in [0.2, 0.25) is 0 Å². The number of furan rings is 1. The van der Waals surface area contributed by atoms with Crippen LogP contribution < -0.4 is 5.49 Å². The number of nitrogens with one attached hydrogen (secondary N) is 1. The predicted molar refractivity (Wildman–Crippen MR) is 112 cm³/mol. The van der Waals surface area contributed by atoms with Gasteiger partial charge in [-0.2, -0.15) is 0 Å². The summed E-state index contributed by atoms with van der Waals surface area (Å²) in [5, 5.41) is 9.60. The molecule has 2 heterocycles. The number of hydrogen-bond donors (Lipinski definition) is 1. The zero-order valence-electron chi connectivity index (χ0n) is 16.2. The second-order valence-electron chi connectivity index (χ2n) is 7.16. The normalized spacial score (nSPS) is 11.4. The van der Waals surface area contributed by atoms with Crippen molar-refractivity contribution >= 4 is 11.1 Å². The summed E-state index contributed by atoms with van der Waals surface area (Å²) in [6.45, 7) is 1.72. The van der Waals surface area contributed by atoms with Gasteiger partial charge in [-0.25, -0.2) is 4.98 Å². The van der Waals surface area contributed by atoms with Gasteiger partial charge >= 0.3 is 0 Å². The molecule has 0 saturated heterocycles. The maximum atomic E-state index is 8.84. The summed E-state index contributed by atoms with van der Waals surface area (Å²) >= 11 is 0. The van der Waals surface area contributed by atoms with E-state index in [0.717, 1.165) is 47.3 Å². The average Bonchev–Trinajstić information content (AvgIpc) is 3.11. The van der Waals surface area contributed by atoms with Gasteiger partial charge in [0.05, 0.1) is 5.39 Å². The number of rotatable bonds is 6. The third-order valence-electron chi connectivity index (χ3n) is 4.83. The highest BCUT2D eigenvalue weighted by Gasteiger charge is 2.20. The van der Waals surface area contributed by atoms with Gasteiger partial charge in [0, 0.05) is 17.7 Å². The van der Waals surface area contributed by atoms with E-state index < -0.39 is 0 Å². The van der Waals surface area contributed by atoms with Crippen LogP contribution in [0.3, 0.4) is 0 Å². The Morgan fingerprint density at radius 2 is 1.61 bits per heavy atom. The minimum absolute atomic E-state index is 0.438. The van der Waals surface area contributed by atoms with Crippen LogP contribution in [0.4, 0.5) is 0 Å². The van der Waals surface area contributed by atoms with Gasteiger partial charge in [-0.3, -0.25) is 5.41 Å². The van der Waals surface area contributed by atoms with Gasteiger partial charge in [0.1, 0.15) is 17.6 Å². The summed E-state index contributed by atoms with van der Waals surface area (Å²) in [6, 6.07) is 20.1. The second kappa shape index (κ2) is 7.82. The third kappa shape index (κ3) is 3.49. The Morgan fingerprint density at radius 1 is 0.964 bits per heavy atom. The number of aromatic nitrogens is 2. The summed E-state index contributed by atoms with van der Waals surface area (Å²) < 4.78 is 8.07. The average molecular weight is 372 g/mol. The Hall–Kier alpha value is -3.18. The summed E-state index contributed by atoms with van der Waals surface area (Å²) in [7, 11) is 4.12. The van der Waals surface area contributed by atoms with Crippen LogP contribution >= 0.6 is 0 Å². The van der Waals surface area contributed by atoms with Crippen molar-refractivity contribution in [3.05, 3.63) is 72.5 Å². The molecule has 0 amide bonds. The maximum Gasteiger partial charge on any atom is 0.232 e. The van der Waals surface area contributed by atoms with Gasteiger partial charge in [0.2, 0.25) is 5.71 Å². The molecule has 2 aromatic heterocycles. The van der Waals surface area contributed by atoms with Crippen molar-refractivity contribution in [1.82, 2.24) is 14.5 Å². The molecule has 5 nitrogen and oxygen atoms in total. The van der Waals surface area contributed by atoms with Gasteiger partial charge in [0.25, 0.3) is 0 Å². The lowest BCUT2D eigenvalue weighted by atomic mass is 9.99. The number of aryl methyl sites for hydroxylation is 1. The van der Waals surface area contributed by atoms with Crippen molar-refractivity contribution in [1.29, 1.82) is 5.41 Å². The molecule has 0 bridgehead atoms. The first-order valence-electron chi connectivity index (χ1n) is 9.47. The molecular weight excluding hydrogens is 348 g/mol. The third-order valence-corrected chi connectivity index (χ3v) is 4.83. The molecule has 0 aliphatic rings. The van der Waals surface area contributed by atoms with E-state index in [1.807, 2.05) is 53.1 Å². The van der Waals surface area contributed by atoms with Gasteiger partial charge in [-0.15, -0.1) is 0 Å². The highest BCUT2D eigenvalue weighted by atomic mass is 16.3. The van der Waals surface area contributed by atoms with Crippen LogP contribution in [0, 0.1) is 5.41 Å². The van der Waals surface area contributed by atoms with Crippen LogP contribution in [0.25, 0.3) is 33.6 Å². The Labute approximate surface area is 164 Å². The van der Waals surface area contributed by atoms with E-state index in [1.165, 1.54) is 0 Å². The Kier molecular flexibility index (Phi) is 5.08. The molecule has 1 N–H and O–H groups in total. The Morgan fingerprint density at radius 3 is 2.25 bits per heavy atom. The molecule has 142 valence electrons. The van der Waals surface area contributed by atoms with Crippen molar-refractivity contribution in [2.45, 2.75) is 13.0 Å². The molecule has 0 aliphatic heterocycles. The van der Waals surface area contributed by atoms with E-state index >= 15 is 0 Å². The van der Waals surface area contributed by atoms with Crippen LogP contribution in [-0.2, 0) is 6.54 Å². The van der Waals surface area contributed by atoms with Crippen LogP contribution in [-0.4, -0.2) is 35.1 Å². The molecule has 28 heavy (non-hydrogen) atoms. The van der Waals surface area contributed by atoms with Crippen molar-refractivity contribution < 1.29 is 4.42 Å². The zero-order valence-corrected chi connectivity index (χ0v) is 16.2. The lowest BCUT2D eigenvalue weighted by molar-refractivity contribution is 0.383. The maximum absolute atomic E-state index is 8.84. The number of hydrogen-bond acceptors (Lipinski definition) is 4. The summed E-state index contributed by atoms with van der Waals surface area (Å²) in [4.78, 5) is 6.68. The fourth-order valence-electron chi connectivity index (χ4n) is 3.45. The summed E-state index contributed by atoms with van der Waals surface area (Å²) in [5.74, 6) is 0.758. The summed E-state index contributed by atoms with van der Waals surface area (Å²) in [6.07, 6.45) is 2.67. The SMILES string of the molecule is CN(C)CCCn1cnc2oc(-c3ccccc3)c(-c3ccccc3)c2c1=N. The molecule has 2 aromatic carbocycles. The molecular formula is C23H24N4O. The quantitative estimate of drug-likeness (QED) is 0.546. The highest BCUT2D eigenvalue weighted by Crippen LogP contribution is 2.38. The van der Waals surface area contributed by atoms with Crippen LogP contribution in [0.1, 0.15) is 6.42 Å². The van der Waals surface area contributed by atoms with E-state index in [-0.39, 0.29) is 0 Å². The first-order chi connectivity index (χ1) is 13.6. The second-order valence-corrected chi connectivity index (χ2v) is 7.16.